The Morgan fingerprint density at radius 3 is 1.10 bits per heavy atom. The number of hydrogen-bond acceptors (Lipinski definition) is 14. The maximum Gasteiger partial charge on any atom is 0.233 e. The second kappa shape index (κ2) is 23.4. The van der Waals surface area contributed by atoms with Crippen molar-refractivity contribution in [2.24, 2.45) is 0 Å². The number of aromatic nitrogens is 6. The molecule has 0 bridgehead atoms. The van der Waals surface area contributed by atoms with E-state index in [-0.39, 0.29) is 0 Å². The number of nitrogens with zero attached hydrogens (tertiary/aromatic N) is 8. The molecule has 0 aliphatic heterocycles. The molecule has 0 spiro atoms. The maximum atomic E-state index is 4.71. The number of para-hydroxylation sites is 2. The van der Waals surface area contributed by atoms with Gasteiger partial charge in [-0.1, -0.05) is 88.4 Å². The minimum absolute atomic E-state index is 0.455. The zero-order valence-corrected chi connectivity index (χ0v) is 37.0. The normalized spacial score (nSPS) is 11.3. The van der Waals surface area contributed by atoms with Gasteiger partial charge in [-0.05, 0) is 137 Å². The molecule has 324 valence electrons. The first-order valence-electron chi connectivity index (χ1n) is 21.8. The van der Waals surface area contributed by atoms with Gasteiger partial charge in [-0.3, -0.25) is 0 Å². The van der Waals surface area contributed by atoms with Crippen LogP contribution in [0, 0.1) is 13.8 Å². The molecule has 2 aromatic heterocycles. The zero-order chi connectivity index (χ0) is 43.5. The van der Waals surface area contributed by atoms with Crippen LogP contribution in [0.25, 0.3) is 12.2 Å². The maximum absolute atomic E-state index is 4.71. The van der Waals surface area contributed by atoms with Crippen LogP contribution >= 0.6 is 0 Å². The van der Waals surface area contributed by atoms with E-state index < -0.39 is 0 Å². The predicted molar refractivity (Wildman–Crippen MR) is 259 cm³/mol. The minimum atomic E-state index is 0.455. The van der Waals surface area contributed by atoms with Crippen molar-refractivity contribution in [1.82, 2.24) is 39.7 Å². The van der Waals surface area contributed by atoms with Crippen LogP contribution < -0.4 is 31.9 Å². The molecule has 0 fully saturated rings. The number of hydrogen-bond donors (Lipinski definition) is 6. The summed E-state index contributed by atoms with van der Waals surface area (Å²) >= 11 is 0. The molecule has 0 saturated carbocycles. The molecule has 0 radical (unpaired) electrons. The predicted octanol–water partition coefficient (Wildman–Crippen LogP) is 10.1. The van der Waals surface area contributed by atoms with Crippen LogP contribution in [0.15, 0.2) is 97.1 Å². The highest BCUT2D eigenvalue weighted by Gasteiger charge is 2.11. The lowest BCUT2D eigenvalue weighted by Gasteiger charge is -2.18. The summed E-state index contributed by atoms with van der Waals surface area (Å²) in [4.78, 5) is 33.0. The van der Waals surface area contributed by atoms with E-state index in [2.05, 4.69) is 130 Å². The Hall–Kier alpha value is -6.64. The first kappa shape index (κ1) is 44.9. The van der Waals surface area contributed by atoms with Gasteiger partial charge in [0.1, 0.15) is 0 Å². The van der Waals surface area contributed by atoms with Gasteiger partial charge in [0, 0.05) is 35.8 Å². The van der Waals surface area contributed by atoms with E-state index in [1.807, 2.05) is 72.8 Å². The van der Waals surface area contributed by atoms with Crippen molar-refractivity contribution in [1.29, 1.82) is 0 Å². The van der Waals surface area contributed by atoms with E-state index >= 15 is 0 Å². The van der Waals surface area contributed by atoms with Crippen LogP contribution in [0.5, 0.6) is 0 Å². The summed E-state index contributed by atoms with van der Waals surface area (Å²) in [5.74, 6) is 2.87. The Morgan fingerprint density at radius 1 is 0.419 bits per heavy atom. The van der Waals surface area contributed by atoms with Crippen LogP contribution in [0.1, 0.15) is 62.8 Å². The molecule has 14 heteroatoms. The smallest absolute Gasteiger partial charge is 0.233 e. The van der Waals surface area contributed by atoms with Gasteiger partial charge in [0.25, 0.3) is 0 Å². The second-order valence-electron chi connectivity index (χ2n) is 14.9. The molecule has 4 aromatic carbocycles. The molecule has 14 nitrogen and oxygen atoms in total. The van der Waals surface area contributed by atoms with E-state index in [4.69, 9.17) is 19.9 Å². The van der Waals surface area contributed by atoms with Crippen LogP contribution in [-0.2, 0) is 0 Å². The second-order valence-corrected chi connectivity index (χ2v) is 14.9. The van der Waals surface area contributed by atoms with Gasteiger partial charge in [0.15, 0.2) is 0 Å². The molecule has 0 unspecified atom stereocenters. The number of benzene rings is 4. The van der Waals surface area contributed by atoms with Gasteiger partial charge in [-0.25, -0.2) is 0 Å². The lowest BCUT2D eigenvalue weighted by Crippen LogP contribution is -2.25. The van der Waals surface area contributed by atoms with Gasteiger partial charge in [-0.2, -0.15) is 29.9 Å². The first-order valence-corrected chi connectivity index (χ1v) is 21.8. The summed E-state index contributed by atoms with van der Waals surface area (Å²) in [5, 5.41) is 20.3. The molecular formula is C48H62N14. The van der Waals surface area contributed by atoms with Crippen LogP contribution in [0.3, 0.4) is 0 Å². The fraction of sp³-hybridized carbons (Fsp3) is 0.333. The van der Waals surface area contributed by atoms with Crippen LogP contribution in [0.4, 0.5) is 58.4 Å². The molecule has 0 aliphatic carbocycles. The first-order chi connectivity index (χ1) is 30.3. The van der Waals surface area contributed by atoms with Crippen molar-refractivity contribution >= 4 is 70.6 Å². The third kappa shape index (κ3) is 14.0. The third-order valence-electron chi connectivity index (χ3n) is 10.5. The highest BCUT2D eigenvalue weighted by Crippen LogP contribution is 2.25. The Kier molecular flexibility index (Phi) is 16.9. The molecular weight excluding hydrogens is 773 g/mol. The summed E-state index contributed by atoms with van der Waals surface area (Å²) in [6.07, 6.45) is 6.26. The lowest BCUT2D eigenvalue weighted by atomic mass is 10.0. The molecule has 0 saturated heterocycles. The number of nitrogens with one attached hydrogen (secondary N) is 6. The quantitative estimate of drug-likeness (QED) is 0.0253. The molecule has 2 heterocycles. The van der Waals surface area contributed by atoms with Gasteiger partial charge < -0.3 is 41.7 Å². The zero-order valence-electron chi connectivity index (χ0n) is 37.0. The van der Waals surface area contributed by atoms with Gasteiger partial charge in [0.05, 0.1) is 0 Å². The number of aryl methyl sites for hydroxylation is 2. The van der Waals surface area contributed by atoms with Gasteiger partial charge >= 0.3 is 0 Å². The summed E-state index contributed by atoms with van der Waals surface area (Å²) in [6, 6.07) is 32.3. The largest absolute Gasteiger partial charge is 0.354 e. The fourth-order valence-corrected chi connectivity index (χ4v) is 6.84. The Morgan fingerprint density at radius 2 is 0.758 bits per heavy atom. The Bertz CT molecular complexity index is 2150. The summed E-state index contributed by atoms with van der Waals surface area (Å²) in [7, 11) is 0. The van der Waals surface area contributed by atoms with Crippen molar-refractivity contribution in [3.8, 4) is 0 Å². The topological polar surface area (TPSA) is 156 Å². The van der Waals surface area contributed by atoms with E-state index in [9.17, 15) is 0 Å². The summed E-state index contributed by atoms with van der Waals surface area (Å²) in [5.41, 5.74) is 8.01. The monoisotopic (exact) mass is 835 g/mol. The SMILES string of the molecule is CCN(CC)CCCNc1nc(Nc2ccccc2)nc(Nc2ccc(C=Cc3ccc(Nc4nc(NCCCN(CC)CC)nc(Nc5ccccc5)n4)cc3C)c(C)c2)n1. The minimum Gasteiger partial charge on any atom is -0.354 e. The van der Waals surface area contributed by atoms with Crippen molar-refractivity contribution < 1.29 is 0 Å². The van der Waals surface area contributed by atoms with E-state index in [1.165, 1.54) is 0 Å². The highest BCUT2D eigenvalue weighted by molar-refractivity contribution is 5.75. The number of rotatable bonds is 24. The lowest BCUT2D eigenvalue weighted by molar-refractivity contribution is 0.303. The summed E-state index contributed by atoms with van der Waals surface area (Å²) < 4.78 is 0. The van der Waals surface area contributed by atoms with Crippen LogP contribution in [-0.4, -0.2) is 92.1 Å². The van der Waals surface area contributed by atoms with Crippen molar-refractivity contribution in [3.05, 3.63) is 119 Å². The van der Waals surface area contributed by atoms with Crippen molar-refractivity contribution in [2.75, 3.05) is 84.3 Å². The van der Waals surface area contributed by atoms with Crippen LogP contribution in [0.2, 0.25) is 0 Å². The van der Waals surface area contributed by atoms with E-state index in [1.54, 1.807) is 0 Å². The average molecular weight is 835 g/mol. The third-order valence-corrected chi connectivity index (χ3v) is 10.5. The van der Waals surface area contributed by atoms with Crippen molar-refractivity contribution in [2.45, 2.75) is 54.4 Å². The standard InChI is InChI=1S/C48H62N14/c1-7-61(8-2)31-17-29-49-43-55-45(51-39-19-13-11-14-20-39)59-47(57-43)53-41-27-25-37(35(5)33-41)23-24-38-26-28-42(34-36(38)6)54-48-58-44(50-30-18-32-62(9-3)10-4)56-46(60-48)52-40-21-15-12-16-22-40/h11-16,19-28,33-34H,7-10,17-18,29-32H2,1-6H3,(H3,49,51,53,55,57,59)(H3,50,52,54,56,58,60). The average Bonchev–Trinajstić information content (AvgIpc) is 3.27. The molecule has 6 N–H and O–H groups in total. The molecule has 6 rings (SSSR count). The Labute approximate surface area is 367 Å². The van der Waals surface area contributed by atoms with Gasteiger partial charge in [0.2, 0.25) is 35.7 Å². The highest BCUT2D eigenvalue weighted by atomic mass is 15.3. The van der Waals surface area contributed by atoms with Crippen molar-refractivity contribution in [3.63, 3.8) is 0 Å². The number of anilines is 10. The summed E-state index contributed by atoms with van der Waals surface area (Å²) in [6.45, 7) is 20.7. The van der Waals surface area contributed by atoms with Gasteiger partial charge in [-0.15, -0.1) is 0 Å². The van der Waals surface area contributed by atoms with E-state index in [0.29, 0.717) is 35.7 Å². The molecule has 0 atom stereocenters. The van der Waals surface area contributed by atoms with E-state index in [0.717, 1.165) is 110 Å². The molecule has 6 aromatic rings. The molecule has 62 heavy (non-hydrogen) atoms. The Balaban J connectivity index is 1.11. The molecule has 0 amide bonds. The molecule has 0 aliphatic rings. The fourth-order valence-electron chi connectivity index (χ4n) is 6.84.